The smallest absolute Gasteiger partial charge is 0.469 e. The van der Waals surface area contributed by atoms with Gasteiger partial charge in [0.25, 0.3) is 0 Å². The summed E-state index contributed by atoms with van der Waals surface area (Å²) < 4.78 is 29.6. The molecule has 0 aromatic heterocycles. The van der Waals surface area contributed by atoms with Gasteiger partial charge in [0.15, 0.2) is 0 Å². The first-order valence-electron chi connectivity index (χ1n) is 13.3. The number of ether oxygens (including phenoxy) is 3. The molecular weight excluding hydrogens is 477 g/mol. The summed E-state index contributed by atoms with van der Waals surface area (Å²) in [4.78, 5) is 33.5. The molecule has 1 saturated carbocycles. The Morgan fingerprint density at radius 2 is 1.92 bits per heavy atom. The van der Waals surface area contributed by atoms with Gasteiger partial charge in [-0.05, 0) is 75.7 Å². The molecule has 9 heteroatoms. The average molecular weight is 520 g/mol. The number of nitrogens with zero attached hydrogens (tertiary/aromatic N) is 3. The van der Waals surface area contributed by atoms with Crippen molar-refractivity contribution < 1.29 is 28.2 Å². The third kappa shape index (κ3) is 7.00. The second kappa shape index (κ2) is 13.2. The summed E-state index contributed by atoms with van der Waals surface area (Å²) in [6.07, 6.45) is 7.00. The first-order valence-corrected chi connectivity index (χ1v) is 13.3. The molecule has 0 saturated heterocycles. The molecule has 206 valence electrons. The van der Waals surface area contributed by atoms with Crippen molar-refractivity contribution in [1.29, 1.82) is 0 Å². The quantitative estimate of drug-likeness (QED) is 0.373. The Hall–Kier alpha value is -2.68. The number of esters is 1. The minimum absolute atomic E-state index is 0.0839. The highest BCUT2D eigenvalue weighted by Crippen LogP contribution is 2.46. The second-order valence-electron chi connectivity index (χ2n) is 10.4. The molecule has 3 rings (SSSR count). The highest BCUT2D eigenvalue weighted by molar-refractivity contribution is 5.70. The molecule has 1 heterocycles. The summed E-state index contributed by atoms with van der Waals surface area (Å²) in [5, 5.41) is 0. The standard InChI is InChI=1S/C28H42FN3O5/c1-6-7-17-32-19-30-28(37-27(34)36-5,16-15-24(33)35-4)26(32)21-13-11-20(12-14-21)25(31(2)3)22-9-8-10-23(29)18-22/h8-10,18-21,25-26H,6-7,11-17H2,1-5H3. The van der Waals surface area contributed by atoms with Gasteiger partial charge in [0.1, 0.15) is 5.82 Å². The minimum Gasteiger partial charge on any atom is -0.469 e. The van der Waals surface area contributed by atoms with Crippen molar-refractivity contribution in [3.05, 3.63) is 35.6 Å². The fourth-order valence-electron chi connectivity index (χ4n) is 6.13. The first kappa shape index (κ1) is 28.9. The molecule has 1 aliphatic heterocycles. The number of halogens is 1. The number of unbranched alkanes of at least 4 members (excludes halogenated alkanes) is 1. The SMILES string of the molecule is CCCCN1C=NC(CCC(=O)OC)(OC(=O)OC)C1C1CCC(C(c2cccc(F)c2)N(C)C)CC1. The van der Waals surface area contributed by atoms with E-state index in [0.29, 0.717) is 5.92 Å². The molecular formula is C28H42FN3O5. The Balaban J connectivity index is 1.84. The van der Waals surface area contributed by atoms with E-state index in [4.69, 9.17) is 19.2 Å². The van der Waals surface area contributed by atoms with Crippen LogP contribution in [-0.2, 0) is 19.0 Å². The van der Waals surface area contributed by atoms with Gasteiger partial charge < -0.3 is 24.0 Å². The second-order valence-corrected chi connectivity index (χ2v) is 10.4. The molecule has 3 unspecified atom stereocenters. The van der Waals surface area contributed by atoms with E-state index in [1.54, 1.807) is 18.5 Å². The zero-order chi connectivity index (χ0) is 27.0. The van der Waals surface area contributed by atoms with Crippen molar-refractivity contribution >= 4 is 18.5 Å². The maximum atomic E-state index is 14.0. The van der Waals surface area contributed by atoms with Crippen LogP contribution in [0.1, 0.15) is 69.9 Å². The first-order chi connectivity index (χ1) is 17.7. The van der Waals surface area contributed by atoms with Gasteiger partial charge in [-0.2, -0.15) is 0 Å². The van der Waals surface area contributed by atoms with Gasteiger partial charge in [0.05, 0.1) is 33.0 Å². The Morgan fingerprint density at radius 3 is 2.51 bits per heavy atom. The summed E-state index contributed by atoms with van der Waals surface area (Å²) in [5.41, 5.74) is -0.223. The van der Waals surface area contributed by atoms with Crippen LogP contribution in [0.4, 0.5) is 9.18 Å². The molecule has 8 nitrogen and oxygen atoms in total. The van der Waals surface area contributed by atoms with E-state index in [1.807, 2.05) is 20.2 Å². The third-order valence-corrected chi connectivity index (χ3v) is 7.81. The van der Waals surface area contributed by atoms with Crippen LogP contribution in [0.5, 0.6) is 0 Å². The maximum Gasteiger partial charge on any atom is 0.510 e. The van der Waals surface area contributed by atoms with E-state index in [-0.39, 0.29) is 42.6 Å². The predicted octanol–water partition coefficient (Wildman–Crippen LogP) is 5.18. The Bertz CT molecular complexity index is 934. The number of rotatable bonds is 11. The van der Waals surface area contributed by atoms with Gasteiger partial charge in [-0.3, -0.25) is 4.79 Å². The molecule has 3 atom stereocenters. The predicted molar refractivity (Wildman–Crippen MR) is 140 cm³/mol. The molecule has 2 aliphatic rings. The number of aliphatic imine (C=N–C) groups is 1. The van der Waals surface area contributed by atoms with Gasteiger partial charge in [0.2, 0.25) is 5.72 Å². The molecule has 0 N–H and O–H groups in total. The number of carbonyl (C=O) groups excluding carboxylic acids is 2. The van der Waals surface area contributed by atoms with Crippen molar-refractivity contribution in [1.82, 2.24) is 9.80 Å². The van der Waals surface area contributed by atoms with Crippen LogP contribution >= 0.6 is 0 Å². The van der Waals surface area contributed by atoms with Gasteiger partial charge in [-0.25, -0.2) is 14.2 Å². The fraction of sp³-hybridized carbons (Fsp3) is 0.679. The zero-order valence-electron chi connectivity index (χ0n) is 22.8. The van der Waals surface area contributed by atoms with E-state index in [9.17, 15) is 14.0 Å². The lowest BCUT2D eigenvalue weighted by atomic mass is 9.71. The largest absolute Gasteiger partial charge is 0.510 e. The average Bonchev–Trinajstić information content (AvgIpc) is 3.24. The Morgan fingerprint density at radius 1 is 1.19 bits per heavy atom. The third-order valence-electron chi connectivity index (χ3n) is 7.81. The van der Waals surface area contributed by atoms with Gasteiger partial charge >= 0.3 is 12.1 Å². The van der Waals surface area contributed by atoms with E-state index >= 15 is 0 Å². The normalized spacial score (nSPS) is 26.2. The fourth-order valence-corrected chi connectivity index (χ4v) is 6.13. The summed E-state index contributed by atoms with van der Waals surface area (Å²) in [6.45, 7) is 2.93. The summed E-state index contributed by atoms with van der Waals surface area (Å²) in [7, 11) is 6.71. The van der Waals surface area contributed by atoms with Crippen molar-refractivity contribution in [3.8, 4) is 0 Å². The number of methoxy groups -OCH3 is 2. The van der Waals surface area contributed by atoms with Gasteiger partial charge in [-0.1, -0.05) is 25.5 Å². The van der Waals surface area contributed by atoms with Crippen LogP contribution in [0.25, 0.3) is 0 Å². The molecule has 0 amide bonds. The molecule has 1 aromatic carbocycles. The van der Waals surface area contributed by atoms with E-state index in [0.717, 1.165) is 50.6 Å². The van der Waals surface area contributed by atoms with E-state index in [1.165, 1.54) is 20.3 Å². The van der Waals surface area contributed by atoms with Crippen molar-refractivity contribution in [3.63, 3.8) is 0 Å². The Labute approximate surface area is 220 Å². The van der Waals surface area contributed by atoms with Gasteiger partial charge in [0, 0.05) is 19.0 Å². The lowest BCUT2D eigenvalue weighted by molar-refractivity contribution is -0.143. The summed E-state index contributed by atoms with van der Waals surface area (Å²) in [6, 6.07) is 6.80. The molecule has 1 aromatic rings. The zero-order valence-corrected chi connectivity index (χ0v) is 22.8. The number of benzene rings is 1. The topological polar surface area (TPSA) is 80.7 Å². The summed E-state index contributed by atoms with van der Waals surface area (Å²) >= 11 is 0. The van der Waals surface area contributed by atoms with E-state index < -0.39 is 11.9 Å². The minimum atomic E-state index is -1.21. The van der Waals surface area contributed by atoms with E-state index in [2.05, 4.69) is 16.7 Å². The Kier molecular flexibility index (Phi) is 10.3. The van der Waals surface area contributed by atoms with Crippen LogP contribution in [0.2, 0.25) is 0 Å². The molecule has 1 fully saturated rings. The van der Waals surface area contributed by atoms with Crippen LogP contribution in [0, 0.1) is 17.7 Å². The molecule has 0 spiro atoms. The van der Waals surface area contributed by atoms with Crippen molar-refractivity contribution in [2.24, 2.45) is 16.8 Å². The lowest BCUT2D eigenvalue weighted by Gasteiger charge is -2.45. The van der Waals surface area contributed by atoms with Crippen LogP contribution in [0.15, 0.2) is 29.3 Å². The monoisotopic (exact) mass is 519 g/mol. The lowest BCUT2D eigenvalue weighted by Crippen LogP contribution is -2.54. The summed E-state index contributed by atoms with van der Waals surface area (Å²) in [5.74, 6) is -0.0248. The van der Waals surface area contributed by atoms with Crippen LogP contribution < -0.4 is 0 Å². The highest BCUT2D eigenvalue weighted by Gasteiger charge is 2.53. The van der Waals surface area contributed by atoms with Gasteiger partial charge in [-0.15, -0.1) is 0 Å². The molecule has 37 heavy (non-hydrogen) atoms. The van der Waals surface area contributed by atoms with Crippen molar-refractivity contribution in [2.75, 3.05) is 34.9 Å². The highest BCUT2D eigenvalue weighted by atomic mass is 19.1. The van der Waals surface area contributed by atoms with Crippen LogP contribution in [0.3, 0.4) is 0 Å². The molecule has 0 radical (unpaired) electrons. The number of hydrogen-bond acceptors (Lipinski definition) is 8. The molecule has 1 aliphatic carbocycles. The maximum absolute atomic E-state index is 14.0. The number of hydrogen-bond donors (Lipinski definition) is 0. The number of carbonyl (C=O) groups is 2. The van der Waals surface area contributed by atoms with Crippen molar-refractivity contribution in [2.45, 2.75) is 76.1 Å². The molecule has 0 bridgehead atoms. The van der Waals surface area contributed by atoms with Crippen LogP contribution in [-0.4, -0.2) is 74.9 Å².